The lowest BCUT2D eigenvalue weighted by Crippen LogP contribution is -2.32. The van der Waals surface area contributed by atoms with Crippen LogP contribution in [-0.2, 0) is 10.0 Å². The molecule has 4 rings (SSSR count). The van der Waals surface area contributed by atoms with Gasteiger partial charge in [0.2, 0.25) is 21.7 Å². The number of halogens is 1. The zero-order valence-electron chi connectivity index (χ0n) is 17.4. The smallest absolute Gasteiger partial charge is 0.245 e. The summed E-state index contributed by atoms with van der Waals surface area (Å²) in [6.45, 7) is 7.94. The van der Waals surface area contributed by atoms with Crippen molar-refractivity contribution in [1.82, 2.24) is 14.4 Å². The Kier molecular flexibility index (Phi) is 5.23. The third-order valence-corrected chi connectivity index (χ3v) is 8.08. The van der Waals surface area contributed by atoms with Gasteiger partial charge in [-0.3, -0.25) is 0 Å². The van der Waals surface area contributed by atoms with Crippen LogP contribution < -0.4 is 0 Å². The minimum Gasteiger partial charge on any atom is -0.337 e. The molecule has 0 spiro atoms. The average Bonchev–Trinajstić information content (AvgIpc) is 3.36. The summed E-state index contributed by atoms with van der Waals surface area (Å²) < 4.78 is 47.4. The van der Waals surface area contributed by atoms with Gasteiger partial charge in [-0.2, -0.15) is 9.29 Å². The summed E-state index contributed by atoms with van der Waals surface area (Å²) >= 11 is 0. The van der Waals surface area contributed by atoms with Crippen LogP contribution in [0.2, 0.25) is 0 Å². The van der Waals surface area contributed by atoms with Gasteiger partial charge < -0.3 is 4.52 Å². The van der Waals surface area contributed by atoms with Gasteiger partial charge in [-0.05, 0) is 87.1 Å². The first-order valence-electron chi connectivity index (χ1n) is 9.89. The van der Waals surface area contributed by atoms with E-state index in [2.05, 4.69) is 10.1 Å². The van der Waals surface area contributed by atoms with Gasteiger partial charge in [0.05, 0.1) is 4.90 Å². The highest BCUT2D eigenvalue weighted by atomic mass is 32.2. The number of benzene rings is 2. The van der Waals surface area contributed by atoms with E-state index in [0.717, 1.165) is 22.3 Å². The van der Waals surface area contributed by atoms with Crippen molar-refractivity contribution < 1.29 is 17.3 Å². The molecule has 0 amide bonds. The highest BCUT2D eigenvalue weighted by Gasteiger charge is 2.41. The van der Waals surface area contributed by atoms with Gasteiger partial charge in [0.25, 0.3) is 0 Å². The van der Waals surface area contributed by atoms with E-state index in [1.54, 1.807) is 12.1 Å². The molecule has 2 aromatic carbocycles. The Morgan fingerprint density at radius 3 is 2.33 bits per heavy atom. The maximum atomic E-state index is 13.7. The summed E-state index contributed by atoms with van der Waals surface area (Å²) in [5, 5.41) is 3.98. The third-order valence-electron chi connectivity index (χ3n) is 5.90. The fraction of sp³-hybridized carbons (Fsp3) is 0.364. The minimum atomic E-state index is -3.75. The summed E-state index contributed by atoms with van der Waals surface area (Å²) in [6, 6.07) is 7.27. The first kappa shape index (κ1) is 20.7. The molecule has 0 bridgehead atoms. The molecule has 1 saturated heterocycles. The molecule has 8 heteroatoms. The largest absolute Gasteiger partial charge is 0.337 e. The number of sulfonamides is 1. The summed E-state index contributed by atoms with van der Waals surface area (Å²) in [6.07, 6.45) is 1.31. The molecule has 0 radical (unpaired) electrons. The van der Waals surface area contributed by atoms with Gasteiger partial charge in [0, 0.05) is 12.1 Å². The zero-order valence-corrected chi connectivity index (χ0v) is 18.3. The van der Waals surface area contributed by atoms with E-state index >= 15 is 0 Å². The highest BCUT2D eigenvalue weighted by molar-refractivity contribution is 7.89. The van der Waals surface area contributed by atoms with E-state index in [1.807, 2.05) is 33.8 Å². The van der Waals surface area contributed by atoms with Gasteiger partial charge in [0.15, 0.2) is 0 Å². The van der Waals surface area contributed by atoms with Crippen LogP contribution >= 0.6 is 0 Å². The predicted molar refractivity (Wildman–Crippen MR) is 111 cm³/mol. The zero-order chi connectivity index (χ0) is 21.6. The van der Waals surface area contributed by atoms with Gasteiger partial charge in [-0.1, -0.05) is 11.2 Å². The van der Waals surface area contributed by atoms with Crippen molar-refractivity contribution in [3.63, 3.8) is 0 Å². The van der Waals surface area contributed by atoms with Crippen LogP contribution in [-0.4, -0.2) is 29.4 Å². The van der Waals surface area contributed by atoms with Crippen molar-refractivity contribution in [1.29, 1.82) is 0 Å². The number of aryl methyl sites for hydroxylation is 2. The fourth-order valence-corrected chi connectivity index (χ4v) is 6.28. The Morgan fingerprint density at radius 1 is 1.07 bits per heavy atom. The summed E-state index contributed by atoms with van der Waals surface area (Å²) in [7, 11) is -3.75. The second kappa shape index (κ2) is 7.59. The maximum Gasteiger partial charge on any atom is 0.245 e. The summed E-state index contributed by atoms with van der Waals surface area (Å²) in [4.78, 5) is 4.79. The third kappa shape index (κ3) is 3.44. The van der Waals surface area contributed by atoms with Crippen molar-refractivity contribution in [2.75, 3.05) is 6.54 Å². The predicted octanol–water partition coefficient (Wildman–Crippen LogP) is 4.64. The molecule has 158 valence electrons. The maximum absolute atomic E-state index is 13.7. The first-order valence-corrected chi connectivity index (χ1v) is 11.3. The Morgan fingerprint density at radius 2 is 1.70 bits per heavy atom. The molecule has 1 atom stereocenters. The number of nitrogens with zero attached hydrogens (tertiary/aromatic N) is 3. The molecule has 0 unspecified atom stereocenters. The van der Waals surface area contributed by atoms with Crippen LogP contribution in [0, 0.1) is 33.5 Å². The molecule has 1 aliphatic heterocycles. The molecule has 1 aromatic heterocycles. The molecular weight excluding hydrogens is 405 g/mol. The molecule has 0 saturated carbocycles. The van der Waals surface area contributed by atoms with Crippen LogP contribution in [0.3, 0.4) is 0 Å². The molecule has 30 heavy (non-hydrogen) atoms. The van der Waals surface area contributed by atoms with E-state index in [4.69, 9.17) is 4.52 Å². The topological polar surface area (TPSA) is 76.3 Å². The van der Waals surface area contributed by atoms with Crippen molar-refractivity contribution in [2.24, 2.45) is 0 Å². The lowest BCUT2D eigenvalue weighted by Gasteiger charge is -2.25. The number of hydrogen-bond donors (Lipinski definition) is 0. The highest BCUT2D eigenvalue weighted by Crippen LogP contribution is 2.39. The quantitative estimate of drug-likeness (QED) is 0.604. The summed E-state index contributed by atoms with van der Waals surface area (Å²) in [5.41, 5.74) is 4.04. The summed E-state index contributed by atoms with van der Waals surface area (Å²) in [5.74, 6) is 0.220. The molecule has 6 nitrogen and oxygen atoms in total. The first-order chi connectivity index (χ1) is 14.2. The SMILES string of the molecule is Cc1cc(C)c(C)c(S(=O)(=O)N2CCC[C@@H]2c2nc(-c3ccc(F)cc3)no2)c1C. The normalized spacial score (nSPS) is 17.6. The van der Waals surface area contributed by atoms with E-state index in [9.17, 15) is 12.8 Å². The van der Waals surface area contributed by atoms with E-state index in [0.29, 0.717) is 35.7 Å². The standard InChI is InChI=1S/C22H24FN3O3S/c1-13-12-14(2)16(4)20(15(13)3)30(27,28)26-11-5-6-19(26)22-24-21(25-29-22)17-7-9-18(23)10-8-17/h7-10,12,19H,5-6,11H2,1-4H3/t19-/m1/s1. The number of aromatic nitrogens is 2. The van der Waals surface area contributed by atoms with Gasteiger partial charge in [-0.25, -0.2) is 12.8 Å². The molecule has 0 aliphatic carbocycles. The lowest BCUT2D eigenvalue weighted by molar-refractivity contribution is 0.290. The number of hydrogen-bond acceptors (Lipinski definition) is 5. The Balaban J connectivity index is 1.72. The van der Waals surface area contributed by atoms with Crippen LogP contribution in [0.5, 0.6) is 0 Å². The minimum absolute atomic E-state index is 0.259. The Labute approximate surface area is 175 Å². The van der Waals surface area contributed by atoms with Crippen LogP contribution in [0.4, 0.5) is 4.39 Å². The Hall–Kier alpha value is -2.58. The van der Waals surface area contributed by atoms with Crippen molar-refractivity contribution in [3.8, 4) is 11.4 Å². The Bertz CT molecular complexity index is 1180. The van der Waals surface area contributed by atoms with E-state index in [1.165, 1.54) is 16.4 Å². The van der Waals surface area contributed by atoms with Crippen molar-refractivity contribution in [3.05, 3.63) is 64.3 Å². The van der Waals surface area contributed by atoms with Crippen molar-refractivity contribution in [2.45, 2.75) is 51.5 Å². The van der Waals surface area contributed by atoms with Crippen LogP contribution in [0.1, 0.15) is 47.0 Å². The van der Waals surface area contributed by atoms with E-state index < -0.39 is 16.1 Å². The monoisotopic (exact) mass is 429 g/mol. The second-order valence-electron chi connectivity index (χ2n) is 7.83. The van der Waals surface area contributed by atoms with Gasteiger partial charge >= 0.3 is 0 Å². The molecule has 1 aliphatic rings. The molecule has 0 N–H and O–H groups in total. The van der Waals surface area contributed by atoms with Crippen molar-refractivity contribution >= 4 is 10.0 Å². The molecule has 3 aromatic rings. The van der Waals surface area contributed by atoms with E-state index in [-0.39, 0.29) is 11.7 Å². The second-order valence-corrected chi connectivity index (χ2v) is 9.65. The fourth-order valence-electron chi connectivity index (χ4n) is 4.05. The molecular formula is C22H24FN3O3S. The molecule has 2 heterocycles. The average molecular weight is 430 g/mol. The van der Waals surface area contributed by atoms with Gasteiger partial charge in [-0.15, -0.1) is 0 Å². The van der Waals surface area contributed by atoms with Crippen LogP contribution in [0.25, 0.3) is 11.4 Å². The molecule has 1 fully saturated rings. The lowest BCUT2D eigenvalue weighted by atomic mass is 10.0. The number of rotatable bonds is 4. The van der Waals surface area contributed by atoms with Crippen LogP contribution in [0.15, 0.2) is 39.8 Å². The van der Waals surface area contributed by atoms with Gasteiger partial charge in [0.1, 0.15) is 11.9 Å².